The molecule has 2 aliphatic rings. The van der Waals surface area contributed by atoms with Gasteiger partial charge in [-0.1, -0.05) is 31.2 Å². The van der Waals surface area contributed by atoms with Crippen LogP contribution < -0.4 is 5.32 Å². The first-order valence-corrected chi connectivity index (χ1v) is 8.84. The molecule has 1 atom stereocenters. The van der Waals surface area contributed by atoms with Gasteiger partial charge in [0, 0.05) is 12.6 Å². The highest BCUT2D eigenvalue weighted by atomic mass is 15.1. The highest BCUT2D eigenvalue weighted by molar-refractivity contribution is 5.27. The molecule has 1 aromatic carbocycles. The van der Waals surface area contributed by atoms with E-state index in [9.17, 15) is 0 Å². The topological polar surface area (TPSA) is 15.3 Å². The van der Waals surface area contributed by atoms with Crippen LogP contribution in [0.1, 0.15) is 50.2 Å². The number of benzene rings is 1. The Morgan fingerprint density at radius 3 is 2.67 bits per heavy atom. The Morgan fingerprint density at radius 2 is 1.86 bits per heavy atom. The fourth-order valence-corrected chi connectivity index (χ4v) is 3.38. The van der Waals surface area contributed by atoms with E-state index in [0.29, 0.717) is 0 Å². The molecule has 1 N–H and O–H groups in total. The van der Waals surface area contributed by atoms with Crippen molar-refractivity contribution in [3.05, 3.63) is 35.4 Å². The second-order valence-electron chi connectivity index (χ2n) is 7.06. The van der Waals surface area contributed by atoms with Gasteiger partial charge >= 0.3 is 0 Å². The van der Waals surface area contributed by atoms with Gasteiger partial charge in [-0.2, -0.15) is 0 Å². The molecule has 0 bridgehead atoms. The summed E-state index contributed by atoms with van der Waals surface area (Å²) in [6.45, 7) is 7.24. The second kappa shape index (κ2) is 7.42. The zero-order valence-corrected chi connectivity index (χ0v) is 13.5. The summed E-state index contributed by atoms with van der Waals surface area (Å²) in [5, 5.41) is 3.64. The predicted octanol–water partition coefficient (Wildman–Crippen LogP) is 3.60. The monoisotopic (exact) mass is 286 g/mol. The summed E-state index contributed by atoms with van der Waals surface area (Å²) < 4.78 is 0. The fourth-order valence-electron chi connectivity index (χ4n) is 3.38. The van der Waals surface area contributed by atoms with Crippen molar-refractivity contribution < 1.29 is 0 Å². The molecule has 2 fully saturated rings. The molecule has 0 amide bonds. The van der Waals surface area contributed by atoms with Crippen LogP contribution in [-0.4, -0.2) is 30.6 Å². The predicted molar refractivity (Wildman–Crippen MR) is 89.5 cm³/mol. The van der Waals surface area contributed by atoms with Gasteiger partial charge in [0.05, 0.1) is 0 Å². The lowest BCUT2D eigenvalue weighted by Gasteiger charge is -2.22. The summed E-state index contributed by atoms with van der Waals surface area (Å²) >= 11 is 0. The first-order valence-electron chi connectivity index (χ1n) is 8.84. The molecule has 2 heteroatoms. The highest BCUT2D eigenvalue weighted by Gasteiger charge is 2.20. The van der Waals surface area contributed by atoms with Crippen LogP contribution in [0.4, 0.5) is 0 Å². The molecule has 1 aliphatic carbocycles. The first-order chi connectivity index (χ1) is 10.3. The highest BCUT2D eigenvalue weighted by Crippen LogP contribution is 2.21. The molecule has 1 aliphatic heterocycles. The van der Waals surface area contributed by atoms with Crippen LogP contribution in [0, 0.1) is 5.92 Å². The van der Waals surface area contributed by atoms with Crippen LogP contribution in [0.25, 0.3) is 0 Å². The lowest BCUT2D eigenvalue weighted by molar-refractivity contribution is 0.273. The Balaban J connectivity index is 1.55. The van der Waals surface area contributed by atoms with E-state index in [1.165, 1.54) is 51.6 Å². The van der Waals surface area contributed by atoms with Crippen molar-refractivity contribution in [3.8, 4) is 0 Å². The molecule has 1 heterocycles. The van der Waals surface area contributed by atoms with Gasteiger partial charge in [0.1, 0.15) is 0 Å². The number of hydrogen-bond donors (Lipinski definition) is 1. The number of likely N-dealkylation sites (tertiary alicyclic amines) is 1. The quantitative estimate of drug-likeness (QED) is 0.859. The maximum atomic E-state index is 3.64. The molecule has 0 radical (unpaired) electrons. The van der Waals surface area contributed by atoms with Crippen molar-refractivity contribution >= 4 is 0 Å². The normalized spacial score (nSPS) is 24.0. The third-order valence-electron chi connectivity index (χ3n) is 5.03. The van der Waals surface area contributed by atoms with Crippen molar-refractivity contribution in [2.45, 2.75) is 58.0 Å². The third-order valence-corrected chi connectivity index (χ3v) is 5.03. The van der Waals surface area contributed by atoms with Crippen molar-refractivity contribution in [1.82, 2.24) is 10.2 Å². The molecule has 1 aromatic rings. The Morgan fingerprint density at radius 1 is 1.05 bits per heavy atom. The van der Waals surface area contributed by atoms with Crippen molar-refractivity contribution in [3.63, 3.8) is 0 Å². The van der Waals surface area contributed by atoms with Crippen molar-refractivity contribution in [1.29, 1.82) is 0 Å². The van der Waals surface area contributed by atoms with Gasteiger partial charge < -0.3 is 5.32 Å². The van der Waals surface area contributed by atoms with Gasteiger partial charge in [-0.25, -0.2) is 0 Å². The van der Waals surface area contributed by atoms with E-state index < -0.39 is 0 Å². The SMILES string of the molecule is CC1CCCN(Cc2ccccc2CCNC2CC2)CC1. The summed E-state index contributed by atoms with van der Waals surface area (Å²) in [5.41, 5.74) is 3.09. The van der Waals surface area contributed by atoms with E-state index in [0.717, 1.165) is 25.0 Å². The summed E-state index contributed by atoms with van der Waals surface area (Å²) in [7, 11) is 0. The lowest BCUT2D eigenvalue weighted by Crippen LogP contribution is -2.25. The molecule has 1 unspecified atom stereocenters. The Bertz CT molecular complexity index is 439. The van der Waals surface area contributed by atoms with E-state index in [1.807, 2.05) is 0 Å². The molecule has 1 saturated carbocycles. The molecule has 21 heavy (non-hydrogen) atoms. The zero-order valence-electron chi connectivity index (χ0n) is 13.5. The van der Waals surface area contributed by atoms with Gasteiger partial charge in [0.25, 0.3) is 0 Å². The molecule has 1 saturated heterocycles. The number of rotatable bonds is 6. The Labute approximate surface area is 129 Å². The van der Waals surface area contributed by atoms with E-state index in [2.05, 4.69) is 41.4 Å². The van der Waals surface area contributed by atoms with E-state index >= 15 is 0 Å². The summed E-state index contributed by atoms with van der Waals surface area (Å²) in [5.74, 6) is 0.910. The molecule has 0 aromatic heterocycles. The van der Waals surface area contributed by atoms with Gasteiger partial charge in [-0.15, -0.1) is 0 Å². The molecule has 3 rings (SSSR count). The minimum Gasteiger partial charge on any atom is -0.314 e. The summed E-state index contributed by atoms with van der Waals surface area (Å²) in [6.07, 6.45) is 8.08. The number of nitrogens with zero attached hydrogens (tertiary/aromatic N) is 1. The molecular formula is C19H30N2. The molecule has 2 nitrogen and oxygen atoms in total. The maximum absolute atomic E-state index is 3.64. The number of hydrogen-bond acceptors (Lipinski definition) is 2. The van der Waals surface area contributed by atoms with E-state index in [1.54, 1.807) is 11.1 Å². The summed E-state index contributed by atoms with van der Waals surface area (Å²) in [6, 6.07) is 9.88. The minimum atomic E-state index is 0.823. The average Bonchev–Trinajstić information content (AvgIpc) is 3.31. The van der Waals surface area contributed by atoms with Gasteiger partial charge in [-0.05, 0) is 75.2 Å². The molecule has 116 valence electrons. The second-order valence-corrected chi connectivity index (χ2v) is 7.06. The Kier molecular flexibility index (Phi) is 5.32. The number of nitrogens with one attached hydrogen (secondary N) is 1. The lowest BCUT2D eigenvalue weighted by atomic mass is 10.0. The van der Waals surface area contributed by atoms with Crippen LogP contribution in [0.15, 0.2) is 24.3 Å². The van der Waals surface area contributed by atoms with Crippen LogP contribution in [-0.2, 0) is 13.0 Å². The smallest absolute Gasteiger partial charge is 0.0236 e. The largest absolute Gasteiger partial charge is 0.314 e. The van der Waals surface area contributed by atoms with Gasteiger partial charge in [-0.3, -0.25) is 4.90 Å². The van der Waals surface area contributed by atoms with Crippen LogP contribution in [0.5, 0.6) is 0 Å². The van der Waals surface area contributed by atoms with E-state index in [4.69, 9.17) is 0 Å². The maximum Gasteiger partial charge on any atom is 0.0236 e. The van der Waals surface area contributed by atoms with Crippen molar-refractivity contribution in [2.24, 2.45) is 5.92 Å². The standard InChI is InChI=1S/C19H30N2/c1-16-5-4-13-21(14-11-16)15-18-7-3-2-6-17(18)10-12-20-19-8-9-19/h2-3,6-7,16,19-20H,4-5,8-15H2,1H3. The zero-order chi connectivity index (χ0) is 14.5. The minimum absolute atomic E-state index is 0.823. The van der Waals surface area contributed by atoms with Gasteiger partial charge in [0.15, 0.2) is 0 Å². The molecule has 0 spiro atoms. The summed E-state index contributed by atoms with van der Waals surface area (Å²) in [4.78, 5) is 2.66. The van der Waals surface area contributed by atoms with E-state index in [-0.39, 0.29) is 0 Å². The molecular weight excluding hydrogens is 256 g/mol. The Hall–Kier alpha value is -0.860. The van der Waals surface area contributed by atoms with Crippen LogP contribution in [0.3, 0.4) is 0 Å². The van der Waals surface area contributed by atoms with Crippen LogP contribution >= 0.6 is 0 Å². The first kappa shape index (κ1) is 15.1. The van der Waals surface area contributed by atoms with Crippen LogP contribution in [0.2, 0.25) is 0 Å². The van der Waals surface area contributed by atoms with Gasteiger partial charge in [0.2, 0.25) is 0 Å². The van der Waals surface area contributed by atoms with Crippen molar-refractivity contribution in [2.75, 3.05) is 19.6 Å². The third kappa shape index (κ3) is 4.82. The fraction of sp³-hybridized carbons (Fsp3) is 0.684. The average molecular weight is 286 g/mol.